The van der Waals surface area contributed by atoms with Crippen LogP contribution >= 0.6 is 0 Å². The molecule has 0 bridgehead atoms. The molecule has 0 aromatic carbocycles. The number of amides is 1. The molecule has 1 atom stereocenters. The molecule has 1 aliphatic heterocycles. The van der Waals surface area contributed by atoms with Crippen LogP contribution in [0, 0.1) is 0 Å². The molecule has 7 heteroatoms. The summed E-state index contributed by atoms with van der Waals surface area (Å²) in [5.74, 6) is 0.841. The summed E-state index contributed by atoms with van der Waals surface area (Å²) in [7, 11) is 0. The van der Waals surface area contributed by atoms with Crippen molar-refractivity contribution in [3.05, 3.63) is 41.3 Å². The summed E-state index contributed by atoms with van der Waals surface area (Å²) in [6, 6.07) is 6.53. The SMILES string of the molecule is CC(C)c1cccc(CN2CCC[C@H]2c2nc(C(=O)NC3CC3)no2)n1. The third kappa shape index (κ3) is 3.77. The zero-order valence-corrected chi connectivity index (χ0v) is 15.3. The molecule has 0 radical (unpaired) electrons. The Labute approximate surface area is 153 Å². The number of carbonyl (C=O) groups is 1. The van der Waals surface area contributed by atoms with E-state index in [2.05, 4.69) is 52.4 Å². The van der Waals surface area contributed by atoms with Gasteiger partial charge in [-0.05, 0) is 50.3 Å². The van der Waals surface area contributed by atoms with Gasteiger partial charge in [-0.25, -0.2) is 0 Å². The number of aromatic nitrogens is 3. The summed E-state index contributed by atoms with van der Waals surface area (Å²) in [5, 5.41) is 6.77. The number of nitrogens with one attached hydrogen (secondary N) is 1. The first-order valence-corrected chi connectivity index (χ1v) is 9.44. The monoisotopic (exact) mass is 355 g/mol. The Hall–Kier alpha value is -2.28. The molecular formula is C19H25N5O2. The van der Waals surface area contributed by atoms with Gasteiger partial charge in [0.25, 0.3) is 11.7 Å². The third-order valence-electron chi connectivity index (χ3n) is 4.99. The average molecular weight is 355 g/mol. The molecule has 1 aliphatic carbocycles. The van der Waals surface area contributed by atoms with Crippen molar-refractivity contribution in [2.45, 2.75) is 64.1 Å². The summed E-state index contributed by atoms with van der Waals surface area (Å²) in [6.07, 6.45) is 4.10. The van der Waals surface area contributed by atoms with Gasteiger partial charge in [0.15, 0.2) is 0 Å². The molecule has 0 unspecified atom stereocenters. The van der Waals surface area contributed by atoms with Crippen LogP contribution in [-0.4, -0.2) is 38.5 Å². The summed E-state index contributed by atoms with van der Waals surface area (Å²) in [5.41, 5.74) is 2.16. The van der Waals surface area contributed by atoms with Gasteiger partial charge in [-0.15, -0.1) is 0 Å². The van der Waals surface area contributed by atoms with Gasteiger partial charge in [-0.1, -0.05) is 25.1 Å². The van der Waals surface area contributed by atoms with E-state index < -0.39 is 0 Å². The van der Waals surface area contributed by atoms with Crippen molar-refractivity contribution in [1.29, 1.82) is 0 Å². The molecule has 1 N–H and O–H groups in total. The van der Waals surface area contributed by atoms with Crippen molar-refractivity contribution in [1.82, 2.24) is 25.3 Å². The van der Waals surface area contributed by atoms with Crippen molar-refractivity contribution in [2.75, 3.05) is 6.54 Å². The van der Waals surface area contributed by atoms with Gasteiger partial charge >= 0.3 is 0 Å². The lowest BCUT2D eigenvalue weighted by atomic mass is 10.1. The number of likely N-dealkylation sites (tertiary alicyclic amines) is 1. The maximum absolute atomic E-state index is 12.1. The van der Waals surface area contributed by atoms with Gasteiger partial charge < -0.3 is 9.84 Å². The van der Waals surface area contributed by atoms with Crippen LogP contribution in [0.5, 0.6) is 0 Å². The molecule has 0 spiro atoms. The van der Waals surface area contributed by atoms with Crippen LogP contribution in [0.4, 0.5) is 0 Å². The summed E-state index contributed by atoms with van der Waals surface area (Å²) in [4.78, 5) is 23.5. The Morgan fingerprint density at radius 3 is 2.92 bits per heavy atom. The first-order valence-electron chi connectivity index (χ1n) is 9.44. The highest BCUT2D eigenvalue weighted by Gasteiger charge is 2.32. The molecule has 1 saturated heterocycles. The quantitative estimate of drug-likeness (QED) is 0.858. The molecule has 1 saturated carbocycles. The van der Waals surface area contributed by atoms with Gasteiger partial charge in [-0.3, -0.25) is 14.7 Å². The minimum atomic E-state index is -0.238. The Morgan fingerprint density at radius 1 is 1.31 bits per heavy atom. The zero-order chi connectivity index (χ0) is 18.1. The summed E-state index contributed by atoms with van der Waals surface area (Å²) in [6.45, 7) is 6.01. The molecule has 2 aromatic heterocycles. The van der Waals surface area contributed by atoms with Gasteiger partial charge in [0.2, 0.25) is 5.89 Å². The molecule has 138 valence electrons. The lowest BCUT2D eigenvalue weighted by Gasteiger charge is -2.21. The second-order valence-electron chi connectivity index (χ2n) is 7.54. The minimum absolute atomic E-state index is 0.0504. The van der Waals surface area contributed by atoms with Gasteiger partial charge in [0.1, 0.15) is 0 Å². The second kappa shape index (κ2) is 7.15. The van der Waals surface area contributed by atoms with Crippen LogP contribution in [0.15, 0.2) is 22.7 Å². The standard InChI is InChI=1S/C19H25N5O2/c1-12(2)15-6-3-5-14(20-15)11-24-10-4-7-16(24)19-22-17(23-26-19)18(25)21-13-8-9-13/h3,5-6,12-13,16H,4,7-11H2,1-2H3,(H,21,25)/t16-/m0/s1. The number of carbonyl (C=O) groups excluding carboxylic acids is 1. The number of pyridine rings is 1. The van der Waals surface area contributed by atoms with Crippen LogP contribution < -0.4 is 5.32 Å². The van der Waals surface area contributed by atoms with Crippen molar-refractivity contribution >= 4 is 5.91 Å². The van der Waals surface area contributed by atoms with Crippen LogP contribution in [0.25, 0.3) is 0 Å². The number of rotatable bonds is 6. The highest BCUT2D eigenvalue weighted by Crippen LogP contribution is 2.32. The minimum Gasteiger partial charge on any atom is -0.346 e. The number of nitrogens with zero attached hydrogens (tertiary/aromatic N) is 4. The van der Waals surface area contributed by atoms with Gasteiger partial charge in [0.05, 0.1) is 11.7 Å². The van der Waals surface area contributed by atoms with Crippen molar-refractivity contribution in [3.8, 4) is 0 Å². The van der Waals surface area contributed by atoms with Crippen molar-refractivity contribution in [2.24, 2.45) is 0 Å². The van der Waals surface area contributed by atoms with Crippen molar-refractivity contribution < 1.29 is 9.32 Å². The van der Waals surface area contributed by atoms with Crippen LogP contribution in [0.1, 0.15) is 79.4 Å². The number of hydrogen-bond donors (Lipinski definition) is 1. The molecule has 26 heavy (non-hydrogen) atoms. The lowest BCUT2D eigenvalue weighted by Crippen LogP contribution is -2.27. The normalized spacial score (nSPS) is 20.7. The molecule has 1 amide bonds. The van der Waals surface area contributed by atoms with E-state index in [1.165, 1.54) is 0 Å². The average Bonchev–Trinajstić information content (AvgIpc) is 3.11. The maximum Gasteiger partial charge on any atom is 0.292 e. The van der Waals surface area contributed by atoms with Gasteiger partial charge in [-0.2, -0.15) is 4.98 Å². The molecule has 2 fully saturated rings. The van der Waals surface area contributed by atoms with Crippen LogP contribution in [0.2, 0.25) is 0 Å². The second-order valence-corrected chi connectivity index (χ2v) is 7.54. The van der Waals surface area contributed by atoms with Gasteiger partial charge in [0, 0.05) is 18.3 Å². The fourth-order valence-corrected chi connectivity index (χ4v) is 3.35. The van der Waals surface area contributed by atoms with E-state index in [9.17, 15) is 4.79 Å². The predicted molar refractivity (Wildman–Crippen MR) is 95.5 cm³/mol. The highest BCUT2D eigenvalue weighted by atomic mass is 16.5. The Kier molecular flexibility index (Phi) is 4.72. The smallest absolute Gasteiger partial charge is 0.292 e. The maximum atomic E-state index is 12.1. The molecule has 4 rings (SSSR count). The Morgan fingerprint density at radius 2 is 2.15 bits per heavy atom. The summed E-state index contributed by atoms with van der Waals surface area (Å²) >= 11 is 0. The fourth-order valence-electron chi connectivity index (χ4n) is 3.35. The fraction of sp³-hybridized carbons (Fsp3) is 0.579. The number of hydrogen-bond acceptors (Lipinski definition) is 6. The Bertz CT molecular complexity index is 784. The topological polar surface area (TPSA) is 84.2 Å². The summed E-state index contributed by atoms with van der Waals surface area (Å²) < 4.78 is 5.42. The molecule has 2 aliphatic rings. The van der Waals surface area contributed by atoms with E-state index in [0.29, 0.717) is 11.8 Å². The van der Waals surface area contributed by atoms with E-state index in [1.54, 1.807) is 0 Å². The van der Waals surface area contributed by atoms with Crippen LogP contribution in [0.3, 0.4) is 0 Å². The molecule has 2 aromatic rings. The lowest BCUT2D eigenvalue weighted by molar-refractivity contribution is 0.0937. The Balaban J connectivity index is 1.45. The van der Waals surface area contributed by atoms with E-state index in [4.69, 9.17) is 9.51 Å². The van der Waals surface area contributed by atoms with E-state index in [0.717, 1.165) is 50.2 Å². The molecule has 3 heterocycles. The van der Waals surface area contributed by atoms with E-state index >= 15 is 0 Å². The molecule has 7 nitrogen and oxygen atoms in total. The highest BCUT2D eigenvalue weighted by molar-refractivity contribution is 5.90. The van der Waals surface area contributed by atoms with Crippen LogP contribution in [-0.2, 0) is 6.54 Å². The van der Waals surface area contributed by atoms with E-state index in [1.807, 2.05) is 0 Å². The zero-order valence-electron chi connectivity index (χ0n) is 15.3. The third-order valence-corrected chi connectivity index (χ3v) is 4.99. The largest absolute Gasteiger partial charge is 0.346 e. The first kappa shape index (κ1) is 17.1. The van der Waals surface area contributed by atoms with Crippen molar-refractivity contribution in [3.63, 3.8) is 0 Å². The first-order chi connectivity index (χ1) is 12.6. The molecular weight excluding hydrogens is 330 g/mol. The predicted octanol–water partition coefficient (Wildman–Crippen LogP) is 2.82. The van der Waals surface area contributed by atoms with E-state index in [-0.39, 0.29) is 23.8 Å².